The number of hydrogen-bond donors (Lipinski definition) is 1. The van der Waals surface area contributed by atoms with Crippen LogP contribution in [0.15, 0.2) is 0 Å². The highest BCUT2D eigenvalue weighted by Gasteiger charge is 2.28. The quantitative estimate of drug-likeness (QED) is 0.796. The van der Waals surface area contributed by atoms with Gasteiger partial charge in [-0.3, -0.25) is 0 Å². The number of piperidine rings is 1. The second-order valence-electron chi connectivity index (χ2n) is 3.50. The van der Waals surface area contributed by atoms with Crippen molar-refractivity contribution in [3.63, 3.8) is 0 Å². The van der Waals surface area contributed by atoms with Gasteiger partial charge in [-0.05, 0) is 31.1 Å². The first-order valence-corrected chi connectivity index (χ1v) is 5.64. The number of alkyl halides is 3. The van der Waals surface area contributed by atoms with Gasteiger partial charge in [0.05, 0.1) is 0 Å². The van der Waals surface area contributed by atoms with Gasteiger partial charge >= 0.3 is 5.51 Å². The summed E-state index contributed by atoms with van der Waals surface area (Å²) in [6.45, 7) is 2.10. The molecule has 0 aromatic heterocycles. The average molecular weight is 228 g/mol. The SMILES string of the molecule is NC1CCCN(CCSC(F)(F)F)C1. The molecular weight excluding hydrogens is 213 g/mol. The number of thioether (sulfide) groups is 1. The monoisotopic (exact) mass is 228 g/mol. The summed E-state index contributed by atoms with van der Waals surface area (Å²) in [7, 11) is 0. The van der Waals surface area contributed by atoms with Crippen LogP contribution in [-0.2, 0) is 0 Å². The Morgan fingerprint density at radius 1 is 1.43 bits per heavy atom. The van der Waals surface area contributed by atoms with Gasteiger partial charge in [-0.2, -0.15) is 13.2 Å². The van der Waals surface area contributed by atoms with Crippen LogP contribution in [0.3, 0.4) is 0 Å². The zero-order valence-electron chi connectivity index (χ0n) is 7.89. The minimum Gasteiger partial charge on any atom is -0.327 e. The van der Waals surface area contributed by atoms with Crippen molar-refractivity contribution in [3.05, 3.63) is 0 Å². The molecule has 0 aliphatic carbocycles. The van der Waals surface area contributed by atoms with E-state index < -0.39 is 5.51 Å². The van der Waals surface area contributed by atoms with Crippen molar-refractivity contribution in [2.45, 2.75) is 24.4 Å². The molecule has 1 atom stereocenters. The van der Waals surface area contributed by atoms with E-state index in [4.69, 9.17) is 5.73 Å². The maximum atomic E-state index is 11.8. The molecule has 2 N–H and O–H groups in total. The van der Waals surface area contributed by atoms with Gasteiger partial charge in [-0.1, -0.05) is 0 Å². The Balaban J connectivity index is 2.12. The average Bonchev–Trinajstić information content (AvgIpc) is 2.01. The second kappa shape index (κ2) is 5.23. The summed E-state index contributed by atoms with van der Waals surface area (Å²) in [5, 5.41) is 0. The molecule has 0 spiro atoms. The van der Waals surface area contributed by atoms with E-state index in [0.717, 1.165) is 25.9 Å². The van der Waals surface area contributed by atoms with Crippen LogP contribution in [-0.4, -0.2) is 41.8 Å². The highest BCUT2D eigenvalue weighted by molar-refractivity contribution is 8.00. The molecular formula is C8H15F3N2S. The molecule has 1 heterocycles. The van der Waals surface area contributed by atoms with E-state index in [1.807, 2.05) is 4.90 Å². The van der Waals surface area contributed by atoms with Gasteiger partial charge < -0.3 is 10.6 Å². The van der Waals surface area contributed by atoms with Gasteiger partial charge in [0, 0.05) is 24.9 Å². The summed E-state index contributed by atoms with van der Waals surface area (Å²) in [6.07, 6.45) is 1.99. The summed E-state index contributed by atoms with van der Waals surface area (Å²) in [5.41, 5.74) is 1.61. The third-order valence-corrected chi connectivity index (χ3v) is 2.93. The molecule has 0 radical (unpaired) electrons. The summed E-state index contributed by atoms with van der Waals surface area (Å²) in [5.74, 6) is 0.107. The Bertz CT molecular complexity index is 174. The third kappa shape index (κ3) is 5.07. The van der Waals surface area contributed by atoms with Crippen LogP contribution in [0, 0.1) is 0 Å². The topological polar surface area (TPSA) is 29.3 Å². The molecule has 1 fully saturated rings. The summed E-state index contributed by atoms with van der Waals surface area (Å²) in [4.78, 5) is 2.01. The maximum Gasteiger partial charge on any atom is 0.441 e. The lowest BCUT2D eigenvalue weighted by Gasteiger charge is -2.30. The fourth-order valence-electron chi connectivity index (χ4n) is 1.58. The zero-order chi connectivity index (χ0) is 10.6. The Morgan fingerprint density at radius 2 is 2.14 bits per heavy atom. The van der Waals surface area contributed by atoms with Crippen LogP contribution < -0.4 is 5.73 Å². The van der Waals surface area contributed by atoms with Crippen LogP contribution in [0.4, 0.5) is 13.2 Å². The van der Waals surface area contributed by atoms with E-state index in [-0.39, 0.29) is 23.6 Å². The Labute approximate surface area is 86.0 Å². The van der Waals surface area contributed by atoms with E-state index in [2.05, 4.69) is 0 Å². The van der Waals surface area contributed by atoms with Crippen LogP contribution in [0.5, 0.6) is 0 Å². The van der Waals surface area contributed by atoms with E-state index in [9.17, 15) is 13.2 Å². The fraction of sp³-hybridized carbons (Fsp3) is 1.00. The number of hydrogen-bond acceptors (Lipinski definition) is 3. The van der Waals surface area contributed by atoms with Crippen molar-refractivity contribution in [1.82, 2.24) is 4.90 Å². The molecule has 0 bridgehead atoms. The summed E-state index contributed by atoms with van der Waals surface area (Å²) in [6, 6.07) is 0.139. The van der Waals surface area contributed by atoms with Crippen LogP contribution in [0.2, 0.25) is 0 Å². The molecule has 1 unspecified atom stereocenters. The molecule has 1 rings (SSSR count). The van der Waals surface area contributed by atoms with Crippen molar-refractivity contribution in [2.24, 2.45) is 5.73 Å². The molecule has 0 amide bonds. The van der Waals surface area contributed by atoms with Gasteiger partial charge in [0.2, 0.25) is 0 Å². The molecule has 0 aromatic carbocycles. The first kappa shape index (κ1) is 12.1. The van der Waals surface area contributed by atoms with Crippen molar-refractivity contribution in [3.8, 4) is 0 Å². The molecule has 84 valence electrons. The fourth-order valence-corrected chi connectivity index (χ4v) is 2.17. The number of nitrogens with zero attached hydrogens (tertiary/aromatic N) is 1. The Hall–Kier alpha value is 0.0600. The van der Waals surface area contributed by atoms with Crippen LogP contribution >= 0.6 is 11.8 Å². The van der Waals surface area contributed by atoms with Gasteiger partial charge in [-0.25, -0.2) is 0 Å². The second-order valence-corrected chi connectivity index (χ2v) is 4.66. The molecule has 1 aliphatic heterocycles. The lowest BCUT2D eigenvalue weighted by atomic mass is 10.1. The maximum absolute atomic E-state index is 11.8. The Kier molecular flexibility index (Phi) is 4.53. The lowest BCUT2D eigenvalue weighted by Crippen LogP contribution is -2.43. The van der Waals surface area contributed by atoms with E-state index >= 15 is 0 Å². The predicted molar refractivity (Wildman–Crippen MR) is 52.2 cm³/mol. The lowest BCUT2D eigenvalue weighted by molar-refractivity contribution is -0.0328. The predicted octanol–water partition coefficient (Wildman–Crippen LogP) is 1.66. The number of halogens is 3. The van der Waals surface area contributed by atoms with Crippen molar-refractivity contribution in [1.29, 1.82) is 0 Å². The number of likely N-dealkylation sites (tertiary alicyclic amines) is 1. The van der Waals surface area contributed by atoms with E-state index in [0.29, 0.717) is 6.54 Å². The standard InChI is InChI=1S/C8H15F3N2S/c9-8(10,11)14-5-4-13-3-1-2-7(12)6-13/h7H,1-6,12H2. The Morgan fingerprint density at radius 3 is 2.71 bits per heavy atom. The first-order valence-electron chi connectivity index (χ1n) is 4.66. The van der Waals surface area contributed by atoms with E-state index in [1.165, 1.54) is 0 Å². The highest BCUT2D eigenvalue weighted by atomic mass is 32.2. The summed E-state index contributed by atoms with van der Waals surface area (Å²) >= 11 is 0.0460. The molecule has 6 heteroatoms. The van der Waals surface area contributed by atoms with Crippen LogP contribution in [0.25, 0.3) is 0 Å². The minimum absolute atomic E-state index is 0.0460. The molecule has 0 saturated carbocycles. The van der Waals surface area contributed by atoms with Gasteiger partial charge in [-0.15, -0.1) is 0 Å². The molecule has 1 aliphatic rings. The van der Waals surface area contributed by atoms with Crippen molar-refractivity contribution >= 4 is 11.8 Å². The van der Waals surface area contributed by atoms with Gasteiger partial charge in [0.1, 0.15) is 0 Å². The highest BCUT2D eigenvalue weighted by Crippen LogP contribution is 2.29. The third-order valence-electron chi connectivity index (χ3n) is 2.22. The minimum atomic E-state index is -4.10. The molecule has 0 aromatic rings. The smallest absolute Gasteiger partial charge is 0.327 e. The molecule has 2 nitrogen and oxygen atoms in total. The van der Waals surface area contributed by atoms with Gasteiger partial charge in [0.25, 0.3) is 0 Å². The first-order chi connectivity index (χ1) is 6.47. The van der Waals surface area contributed by atoms with Crippen LogP contribution in [0.1, 0.15) is 12.8 Å². The van der Waals surface area contributed by atoms with Gasteiger partial charge in [0.15, 0.2) is 0 Å². The number of nitrogens with two attached hydrogens (primary N) is 1. The van der Waals surface area contributed by atoms with Crippen molar-refractivity contribution in [2.75, 3.05) is 25.4 Å². The normalized spacial score (nSPS) is 25.3. The van der Waals surface area contributed by atoms with Crippen molar-refractivity contribution < 1.29 is 13.2 Å². The van der Waals surface area contributed by atoms with E-state index in [1.54, 1.807) is 0 Å². The largest absolute Gasteiger partial charge is 0.441 e. The number of rotatable bonds is 3. The molecule has 14 heavy (non-hydrogen) atoms. The zero-order valence-corrected chi connectivity index (χ0v) is 8.70. The summed E-state index contributed by atoms with van der Waals surface area (Å²) < 4.78 is 35.4. The molecule has 1 saturated heterocycles.